The second kappa shape index (κ2) is 12.4. The zero-order valence-corrected chi connectivity index (χ0v) is 22.4. The van der Waals surface area contributed by atoms with Gasteiger partial charge in [0, 0.05) is 50.9 Å². The lowest BCUT2D eigenvalue weighted by atomic mass is 10.1. The number of ether oxygens (including phenoxy) is 1. The summed E-state index contributed by atoms with van der Waals surface area (Å²) in [6, 6.07) is 6.00. The summed E-state index contributed by atoms with van der Waals surface area (Å²) < 4.78 is 10.1. The van der Waals surface area contributed by atoms with Crippen LogP contribution in [0.2, 0.25) is 0 Å². The number of piperazine rings is 1. The number of benzene rings is 1. The lowest BCUT2D eigenvalue weighted by molar-refractivity contribution is -0.757. The first-order chi connectivity index (χ1) is 17.9. The first-order valence-electron chi connectivity index (χ1n) is 12.7. The van der Waals surface area contributed by atoms with E-state index < -0.39 is 5.09 Å². The van der Waals surface area contributed by atoms with Gasteiger partial charge in [0.1, 0.15) is 17.1 Å². The van der Waals surface area contributed by atoms with E-state index in [1.54, 1.807) is 11.9 Å². The van der Waals surface area contributed by atoms with E-state index in [9.17, 15) is 14.9 Å². The number of aromatic nitrogens is 3. The zero-order chi connectivity index (χ0) is 26.4. The smallest absolute Gasteiger partial charge is 0.294 e. The molecule has 2 aromatic heterocycles. The Hall–Kier alpha value is -3.09. The van der Waals surface area contributed by atoms with E-state index in [0.717, 1.165) is 67.1 Å². The molecule has 0 bridgehead atoms. The third-order valence-corrected chi connectivity index (χ3v) is 7.40. The SMILES string of the molecule is CCCc1cn(C)c2c(=O)[nH]c(-c3cc(SN4CCN(CCCO[N+](=O)[O-])CC4)ccc3OCC)nc12. The van der Waals surface area contributed by atoms with Crippen molar-refractivity contribution in [1.29, 1.82) is 0 Å². The van der Waals surface area contributed by atoms with Gasteiger partial charge in [-0.3, -0.25) is 4.79 Å². The van der Waals surface area contributed by atoms with Gasteiger partial charge in [-0.1, -0.05) is 13.3 Å². The highest BCUT2D eigenvalue weighted by atomic mass is 32.2. The van der Waals surface area contributed by atoms with Crippen molar-refractivity contribution in [3.05, 3.63) is 50.4 Å². The molecule has 0 atom stereocenters. The predicted octanol–water partition coefficient (Wildman–Crippen LogP) is 3.50. The van der Waals surface area contributed by atoms with Gasteiger partial charge in [-0.05, 0) is 55.5 Å². The van der Waals surface area contributed by atoms with Crippen molar-refractivity contribution < 1.29 is 14.7 Å². The van der Waals surface area contributed by atoms with E-state index in [1.807, 2.05) is 42.9 Å². The molecule has 4 rings (SSSR count). The van der Waals surface area contributed by atoms with Gasteiger partial charge in [0.2, 0.25) is 0 Å². The third kappa shape index (κ3) is 6.62. The number of nitrogens with zero attached hydrogens (tertiary/aromatic N) is 5. The Balaban J connectivity index is 1.51. The molecule has 1 aliphatic rings. The number of rotatable bonds is 12. The van der Waals surface area contributed by atoms with E-state index in [0.29, 0.717) is 30.1 Å². The van der Waals surface area contributed by atoms with E-state index in [2.05, 4.69) is 26.0 Å². The van der Waals surface area contributed by atoms with Gasteiger partial charge in [0.05, 0.1) is 24.3 Å². The maximum Gasteiger partial charge on any atom is 0.294 e. The van der Waals surface area contributed by atoms with Crippen LogP contribution in [0, 0.1) is 10.1 Å². The highest BCUT2D eigenvalue weighted by Crippen LogP contribution is 2.34. The summed E-state index contributed by atoms with van der Waals surface area (Å²) in [5.74, 6) is 1.19. The minimum Gasteiger partial charge on any atom is -0.493 e. The highest BCUT2D eigenvalue weighted by Gasteiger charge is 2.20. The van der Waals surface area contributed by atoms with Crippen LogP contribution in [0.15, 0.2) is 34.1 Å². The monoisotopic (exact) mass is 530 g/mol. The lowest BCUT2D eigenvalue weighted by Gasteiger charge is -2.33. The molecule has 11 nitrogen and oxygen atoms in total. The molecule has 1 aliphatic heterocycles. The van der Waals surface area contributed by atoms with Crippen LogP contribution in [0.3, 0.4) is 0 Å². The average molecular weight is 531 g/mol. The summed E-state index contributed by atoms with van der Waals surface area (Å²) in [6.07, 6.45) is 4.45. The molecular weight excluding hydrogens is 496 g/mol. The van der Waals surface area contributed by atoms with Crippen LogP contribution in [0.4, 0.5) is 0 Å². The van der Waals surface area contributed by atoms with Gasteiger partial charge in [0.15, 0.2) is 0 Å². The van der Waals surface area contributed by atoms with E-state index >= 15 is 0 Å². The summed E-state index contributed by atoms with van der Waals surface area (Å²) in [7, 11) is 1.88. The lowest BCUT2D eigenvalue weighted by Crippen LogP contribution is -2.43. The van der Waals surface area contributed by atoms with Gasteiger partial charge in [-0.15, -0.1) is 10.1 Å². The van der Waals surface area contributed by atoms with Crippen molar-refractivity contribution in [2.24, 2.45) is 7.05 Å². The number of hydrogen-bond donors (Lipinski definition) is 1. The number of fused-ring (bicyclic) bond motifs is 1. The highest BCUT2D eigenvalue weighted by molar-refractivity contribution is 7.97. The molecule has 12 heteroatoms. The first kappa shape index (κ1) is 27.0. The minimum atomic E-state index is -0.743. The van der Waals surface area contributed by atoms with Gasteiger partial charge in [0.25, 0.3) is 10.6 Å². The fraction of sp³-hybridized carbons (Fsp3) is 0.520. The molecule has 3 aromatic rings. The molecule has 3 heterocycles. The van der Waals surface area contributed by atoms with Gasteiger partial charge >= 0.3 is 0 Å². The molecule has 37 heavy (non-hydrogen) atoms. The molecule has 1 saturated heterocycles. The molecule has 1 fully saturated rings. The fourth-order valence-corrected chi connectivity index (χ4v) is 5.55. The number of aryl methyl sites for hydroxylation is 2. The van der Waals surface area contributed by atoms with Gasteiger partial charge < -0.3 is 24.0 Å². The van der Waals surface area contributed by atoms with Crippen molar-refractivity contribution in [2.75, 3.05) is 45.9 Å². The Bertz CT molecular complexity index is 1280. The number of H-pyrrole nitrogens is 1. The van der Waals surface area contributed by atoms with Crippen LogP contribution in [-0.2, 0) is 18.3 Å². The average Bonchev–Trinajstić information content (AvgIpc) is 3.19. The standard InChI is InChI=1S/C25H34N6O5S/c1-4-7-18-17-28(3)23-22(18)26-24(27-25(23)32)20-16-19(8-9-21(20)35-5-2)37-30-13-11-29(12-14-30)10-6-15-36-31(33)34/h8-9,16-17H,4-7,10-15H2,1-3H3,(H,26,27,32). The van der Waals surface area contributed by atoms with Crippen molar-refractivity contribution in [2.45, 2.75) is 38.0 Å². The zero-order valence-electron chi connectivity index (χ0n) is 21.6. The van der Waals surface area contributed by atoms with Crippen LogP contribution in [0.25, 0.3) is 22.4 Å². The van der Waals surface area contributed by atoms with Gasteiger partial charge in [-0.25, -0.2) is 9.29 Å². The summed E-state index contributed by atoms with van der Waals surface area (Å²) in [6.45, 7) is 8.97. The Morgan fingerprint density at radius 3 is 2.70 bits per heavy atom. The molecule has 0 spiro atoms. The fourth-order valence-electron chi connectivity index (χ4n) is 4.61. The second-order valence-corrected chi connectivity index (χ2v) is 10.2. The Morgan fingerprint density at radius 2 is 2.00 bits per heavy atom. The van der Waals surface area contributed by atoms with E-state index in [1.165, 1.54) is 0 Å². The number of nitrogens with one attached hydrogen (secondary N) is 1. The minimum absolute atomic E-state index is 0.127. The maximum absolute atomic E-state index is 13.0. The first-order valence-corrected chi connectivity index (χ1v) is 13.4. The quantitative estimate of drug-likeness (QED) is 0.162. The van der Waals surface area contributed by atoms with E-state index in [-0.39, 0.29) is 12.2 Å². The van der Waals surface area contributed by atoms with Crippen molar-refractivity contribution in [3.63, 3.8) is 0 Å². The van der Waals surface area contributed by atoms with Crippen LogP contribution < -0.4 is 10.3 Å². The molecule has 0 saturated carbocycles. The Kier molecular flexibility index (Phi) is 9.06. The molecule has 1 N–H and O–H groups in total. The molecule has 0 amide bonds. The molecule has 0 unspecified atom stereocenters. The molecular formula is C25H34N6O5S. The van der Waals surface area contributed by atoms with Crippen LogP contribution in [0.1, 0.15) is 32.3 Å². The van der Waals surface area contributed by atoms with Crippen LogP contribution in [-0.4, -0.2) is 74.8 Å². The summed E-state index contributed by atoms with van der Waals surface area (Å²) in [5.41, 5.74) is 2.99. The topological polar surface area (TPSA) is 119 Å². The maximum atomic E-state index is 13.0. The molecule has 0 aliphatic carbocycles. The second-order valence-electron chi connectivity index (χ2n) is 8.99. The Labute approximate surface area is 220 Å². The summed E-state index contributed by atoms with van der Waals surface area (Å²) >= 11 is 1.67. The predicted molar refractivity (Wildman–Crippen MR) is 143 cm³/mol. The largest absolute Gasteiger partial charge is 0.493 e. The summed E-state index contributed by atoms with van der Waals surface area (Å²) in [5, 5.41) is 9.54. The van der Waals surface area contributed by atoms with Crippen LogP contribution >= 0.6 is 11.9 Å². The van der Waals surface area contributed by atoms with E-state index in [4.69, 9.17) is 9.72 Å². The molecule has 200 valence electrons. The van der Waals surface area contributed by atoms with Crippen molar-refractivity contribution in [3.8, 4) is 17.1 Å². The molecule has 0 radical (unpaired) electrons. The Morgan fingerprint density at radius 1 is 1.22 bits per heavy atom. The normalized spacial score (nSPS) is 14.8. The van der Waals surface area contributed by atoms with Crippen molar-refractivity contribution in [1.82, 2.24) is 23.7 Å². The molecule has 1 aromatic carbocycles. The third-order valence-electron chi connectivity index (χ3n) is 6.31. The van der Waals surface area contributed by atoms with Gasteiger partial charge in [-0.2, -0.15) is 0 Å². The number of hydrogen-bond acceptors (Lipinski definition) is 9. The summed E-state index contributed by atoms with van der Waals surface area (Å²) in [4.78, 5) is 38.9. The number of aromatic amines is 1. The van der Waals surface area contributed by atoms with Crippen LogP contribution in [0.5, 0.6) is 5.75 Å². The van der Waals surface area contributed by atoms with Crippen molar-refractivity contribution >= 4 is 23.0 Å².